The van der Waals surface area contributed by atoms with Gasteiger partial charge in [0.25, 0.3) is 0 Å². The van der Waals surface area contributed by atoms with Crippen LogP contribution in [-0.2, 0) is 15.9 Å². The Morgan fingerprint density at radius 1 is 1.32 bits per heavy atom. The van der Waals surface area contributed by atoms with Gasteiger partial charge >= 0.3 is 0 Å². The molecule has 1 atom stereocenters. The molecule has 1 saturated carbocycles. The van der Waals surface area contributed by atoms with Crippen LogP contribution in [0.5, 0.6) is 0 Å². The van der Waals surface area contributed by atoms with Crippen molar-refractivity contribution in [2.45, 2.75) is 64.8 Å². The second-order valence-electron chi connectivity index (χ2n) is 6.67. The molecule has 1 saturated heterocycles. The average Bonchev–Trinajstić information content (AvgIpc) is 2.91. The van der Waals surface area contributed by atoms with Gasteiger partial charge < -0.3 is 14.8 Å². The van der Waals surface area contributed by atoms with Gasteiger partial charge in [0.15, 0.2) is 5.79 Å². The Hall–Kier alpha value is -1.20. The van der Waals surface area contributed by atoms with Crippen molar-refractivity contribution < 1.29 is 9.47 Å². The Kier molecular flexibility index (Phi) is 4.64. The normalized spacial score (nSPS) is 31.6. The first-order valence-corrected chi connectivity index (χ1v) is 8.49. The molecule has 122 valence electrons. The number of nitrogens with zero attached hydrogens (tertiary/aromatic N) is 2. The van der Waals surface area contributed by atoms with Crippen LogP contribution in [0.4, 0.5) is 5.82 Å². The largest absolute Gasteiger partial charge is 0.367 e. The summed E-state index contributed by atoms with van der Waals surface area (Å²) in [5.41, 5.74) is 1.07. The molecule has 2 aliphatic rings. The first-order valence-electron chi connectivity index (χ1n) is 8.49. The van der Waals surface area contributed by atoms with Crippen molar-refractivity contribution in [1.82, 2.24) is 9.97 Å². The van der Waals surface area contributed by atoms with Gasteiger partial charge in [0, 0.05) is 31.1 Å². The molecule has 2 fully saturated rings. The summed E-state index contributed by atoms with van der Waals surface area (Å²) in [4.78, 5) is 8.84. The average molecular weight is 305 g/mol. The molecule has 1 unspecified atom stereocenters. The van der Waals surface area contributed by atoms with E-state index < -0.39 is 0 Å². The van der Waals surface area contributed by atoms with E-state index in [9.17, 15) is 0 Å². The highest BCUT2D eigenvalue weighted by Gasteiger charge is 2.43. The van der Waals surface area contributed by atoms with Crippen LogP contribution in [0, 0.1) is 12.8 Å². The van der Waals surface area contributed by atoms with Crippen molar-refractivity contribution in [3.05, 3.63) is 17.6 Å². The molecule has 1 aromatic rings. The summed E-state index contributed by atoms with van der Waals surface area (Å²) in [5.74, 6) is 2.18. The minimum atomic E-state index is -0.310. The molecule has 5 nitrogen and oxygen atoms in total. The van der Waals surface area contributed by atoms with Gasteiger partial charge in [0.1, 0.15) is 17.7 Å². The molecule has 0 aromatic carbocycles. The van der Waals surface area contributed by atoms with Crippen molar-refractivity contribution in [1.29, 1.82) is 0 Å². The second kappa shape index (κ2) is 6.50. The molecular weight excluding hydrogens is 278 g/mol. The number of hydrogen-bond donors (Lipinski definition) is 1. The second-order valence-corrected chi connectivity index (χ2v) is 6.67. The minimum Gasteiger partial charge on any atom is -0.367 e. The van der Waals surface area contributed by atoms with Crippen LogP contribution >= 0.6 is 0 Å². The minimum absolute atomic E-state index is 0.105. The van der Waals surface area contributed by atoms with Crippen molar-refractivity contribution in [2.24, 2.45) is 5.92 Å². The maximum Gasteiger partial charge on any atom is 0.169 e. The quantitative estimate of drug-likeness (QED) is 0.926. The molecule has 1 spiro atoms. The first-order chi connectivity index (χ1) is 10.6. The highest BCUT2D eigenvalue weighted by atomic mass is 16.7. The van der Waals surface area contributed by atoms with Gasteiger partial charge in [-0.2, -0.15) is 0 Å². The SMILES string of the molecule is CCc1cc(NCC2COC3(CCC(C)CC3)O2)nc(C)n1. The number of nitrogens with one attached hydrogen (secondary N) is 1. The number of hydrogen-bond acceptors (Lipinski definition) is 5. The van der Waals surface area contributed by atoms with Crippen molar-refractivity contribution in [3.8, 4) is 0 Å². The molecule has 1 N–H and O–H groups in total. The molecule has 0 bridgehead atoms. The van der Waals surface area contributed by atoms with Crippen LogP contribution in [0.25, 0.3) is 0 Å². The number of anilines is 1. The van der Waals surface area contributed by atoms with Gasteiger partial charge in [-0.05, 0) is 32.1 Å². The summed E-state index contributed by atoms with van der Waals surface area (Å²) >= 11 is 0. The van der Waals surface area contributed by atoms with Crippen LogP contribution in [0.15, 0.2) is 6.07 Å². The molecule has 5 heteroatoms. The molecule has 22 heavy (non-hydrogen) atoms. The van der Waals surface area contributed by atoms with E-state index in [-0.39, 0.29) is 11.9 Å². The van der Waals surface area contributed by atoms with Crippen molar-refractivity contribution >= 4 is 5.82 Å². The van der Waals surface area contributed by atoms with E-state index in [0.717, 1.165) is 49.1 Å². The lowest BCUT2D eigenvalue weighted by Gasteiger charge is -2.34. The predicted molar refractivity (Wildman–Crippen MR) is 85.8 cm³/mol. The summed E-state index contributed by atoms with van der Waals surface area (Å²) in [5, 5.41) is 3.38. The zero-order valence-corrected chi connectivity index (χ0v) is 13.9. The van der Waals surface area contributed by atoms with E-state index in [1.54, 1.807) is 0 Å². The fourth-order valence-corrected chi connectivity index (χ4v) is 3.30. The molecule has 1 aliphatic carbocycles. The molecule has 1 aliphatic heterocycles. The fraction of sp³-hybridized carbons (Fsp3) is 0.765. The van der Waals surface area contributed by atoms with Crippen molar-refractivity contribution in [2.75, 3.05) is 18.5 Å². The third kappa shape index (κ3) is 3.58. The highest BCUT2D eigenvalue weighted by Crippen LogP contribution is 2.39. The Labute approximate surface area is 132 Å². The number of rotatable bonds is 4. The Morgan fingerprint density at radius 2 is 2.09 bits per heavy atom. The van der Waals surface area contributed by atoms with E-state index in [1.165, 1.54) is 12.8 Å². The monoisotopic (exact) mass is 305 g/mol. The standard InChI is InChI=1S/C17H27N3O2/c1-4-14-9-16(20-13(3)19-14)18-10-15-11-21-17(22-15)7-5-12(2)6-8-17/h9,12,15H,4-8,10-11H2,1-3H3,(H,18,19,20). The van der Waals surface area contributed by atoms with E-state index in [1.807, 2.05) is 13.0 Å². The van der Waals surface area contributed by atoms with Crippen LogP contribution in [0.2, 0.25) is 0 Å². The van der Waals surface area contributed by atoms with E-state index >= 15 is 0 Å². The summed E-state index contributed by atoms with van der Waals surface area (Å²) in [6.07, 6.45) is 5.47. The maximum atomic E-state index is 6.22. The Bertz CT molecular complexity index is 513. The lowest BCUT2D eigenvalue weighted by molar-refractivity contribution is -0.190. The van der Waals surface area contributed by atoms with E-state index in [4.69, 9.17) is 9.47 Å². The predicted octanol–water partition coefficient (Wildman–Crippen LogP) is 3.08. The molecule has 3 rings (SSSR count). The molecule has 0 radical (unpaired) electrons. The topological polar surface area (TPSA) is 56.3 Å². The number of ether oxygens (including phenoxy) is 2. The van der Waals surface area contributed by atoms with Gasteiger partial charge in [0.2, 0.25) is 0 Å². The van der Waals surface area contributed by atoms with Gasteiger partial charge in [0.05, 0.1) is 6.61 Å². The van der Waals surface area contributed by atoms with Crippen LogP contribution in [0.1, 0.15) is 51.0 Å². The summed E-state index contributed by atoms with van der Waals surface area (Å²) in [6, 6.07) is 2.01. The van der Waals surface area contributed by atoms with Crippen LogP contribution in [0.3, 0.4) is 0 Å². The smallest absolute Gasteiger partial charge is 0.169 e. The molecule has 0 amide bonds. The van der Waals surface area contributed by atoms with E-state index in [0.29, 0.717) is 6.61 Å². The fourth-order valence-electron chi connectivity index (χ4n) is 3.30. The lowest BCUT2D eigenvalue weighted by atomic mass is 9.86. The maximum absolute atomic E-state index is 6.22. The third-order valence-electron chi connectivity index (χ3n) is 4.71. The molecular formula is C17H27N3O2. The van der Waals surface area contributed by atoms with Crippen LogP contribution in [-0.4, -0.2) is 35.0 Å². The summed E-state index contributed by atoms with van der Waals surface area (Å²) in [7, 11) is 0. The summed E-state index contributed by atoms with van der Waals surface area (Å²) in [6.45, 7) is 7.75. The third-order valence-corrected chi connectivity index (χ3v) is 4.71. The highest BCUT2D eigenvalue weighted by molar-refractivity contribution is 5.36. The first kappa shape index (κ1) is 15.7. The molecule has 2 heterocycles. The zero-order valence-electron chi connectivity index (χ0n) is 13.9. The van der Waals surface area contributed by atoms with Gasteiger partial charge in [-0.3, -0.25) is 0 Å². The lowest BCUT2D eigenvalue weighted by Crippen LogP contribution is -2.36. The van der Waals surface area contributed by atoms with Gasteiger partial charge in [-0.1, -0.05) is 13.8 Å². The van der Waals surface area contributed by atoms with Crippen LogP contribution < -0.4 is 5.32 Å². The van der Waals surface area contributed by atoms with Gasteiger partial charge in [-0.25, -0.2) is 9.97 Å². The Balaban J connectivity index is 1.54. The molecule has 1 aromatic heterocycles. The summed E-state index contributed by atoms with van der Waals surface area (Å²) < 4.78 is 12.2. The number of aryl methyl sites for hydroxylation is 2. The van der Waals surface area contributed by atoms with E-state index in [2.05, 4.69) is 29.1 Å². The Morgan fingerprint density at radius 3 is 2.82 bits per heavy atom. The number of aromatic nitrogens is 2. The van der Waals surface area contributed by atoms with Crippen molar-refractivity contribution in [3.63, 3.8) is 0 Å². The zero-order chi connectivity index (χ0) is 15.6. The van der Waals surface area contributed by atoms with Gasteiger partial charge in [-0.15, -0.1) is 0 Å².